The first-order valence-electron chi connectivity index (χ1n) is 1.87. The lowest BCUT2D eigenvalue weighted by Crippen LogP contribution is -1.95. The molecule has 0 atom stereocenters. The summed E-state index contributed by atoms with van der Waals surface area (Å²) >= 11 is 4.69. The first kappa shape index (κ1) is 7.46. The van der Waals surface area contributed by atoms with Gasteiger partial charge in [-0.25, -0.2) is 4.79 Å². The van der Waals surface area contributed by atoms with Crippen LogP contribution in [0.3, 0.4) is 0 Å². The van der Waals surface area contributed by atoms with Crippen LogP contribution in [0.1, 0.15) is 0 Å². The number of hydrogen-bond donors (Lipinski definition) is 0. The Balaban J connectivity index is 2.93. The lowest BCUT2D eigenvalue weighted by molar-refractivity contribution is -0.220. The van der Waals surface area contributed by atoms with Crippen LogP contribution >= 0.6 is 11.6 Å². The van der Waals surface area contributed by atoms with Crippen LogP contribution in [0.25, 0.3) is 0 Å². The Morgan fingerprint density at radius 3 is 2.88 bits per heavy atom. The Morgan fingerprint density at radius 1 is 1.88 bits per heavy atom. The van der Waals surface area contributed by atoms with E-state index in [4.69, 9.17) is 11.6 Å². The largest absolute Gasteiger partial charge is 0.435 e. The summed E-state index contributed by atoms with van der Waals surface area (Å²) < 4.78 is 0. The van der Waals surface area contributed by atoms with E-state index in [1.165, 1.54) is 6.08 Å². The van der Waals surface area contributed by atoms with Crippen molar-refractivity contribution in [3.63, 3.8) is 0 Å². The van der Waals surface area contributed by atoms with E-state index in [1.807, 2.05) is 0 Å². The molecule has 4 heteroatoms. The lowest BCUT2D eigenvalue weighted by Gasteiger charge is -1.91. The van der Waals surface area contributed by atoms with Gasteiger partial charge in [0.05, 0.1) is 0 Å². The summed E-state index contributed by atoms with van der Waals surface area (Å²) in [6.45, 7) is 3.45. The molecule has 0 saturated heterocycles. The first-order valence-corrected chi connectivity index (χ1v) is 2.25. The van der Waals surface area contributed by atoms with Gasteiger partial charge in [0.2, 0.25) is 0 Å². The van der Waals surface area contributed by atoms with Gasteiger partial charge in [-0.15, -0.1) is 6.58 Å². The lowest BCUT2D eigenvalue weighted by atomic mass is 10.7. The van der Waals surface area contributed by atoms with Crippen LogP contribution in [0, 0.1) is 0 Å². The highest BCUT2D eigenvalue weighted by molar-refractivity contribution is 6.61. The number of carbonyl (C=O) groups excluding carboxylic acids is 1. The Hall–Kier alpha value is -0.540. The van der Waals surface area contributed by atoms with Crippen molar-refractivity contribution < 1.29 is 14.6 Å². The Kier molecular flexibility index (Phi) is 4.30. The summed E-state index contributed by atoms with van der Waals surface area (Å²) in [7, 11) is 0. The second kappa shape index (κ2) is 4.61. The van der Waals surface area contributed by atoms with E-state index < -0.39 is 5.43 Å². The van der Waals surface area contributed by atoms with Gasteiger partial charge in [-0.1, -0.05) is 6.08 Å². The van der Waals surface area contributed by atoms with Crippen LogP contribution in [-0.4, -0.2) is 12.0 Å². The van der Waals surface area contributed by atoms with E-state index >= 15 is 0 Å². The van der Waals surface area contributed by atoms with Gasteiger partial charge in [0.1, 0.15) is 6.61 Å². The summed E-state index contributed by atoms with van der Waals surface area (Å²) in [4.78, 5) is 17.7. The van der Waals surface area contributed by atoms with Crippen LogP contribution in [-0.2, 0) is 9.78 Å². The summed E-state index contributed by atoms with van der Waals surface area (Å²) in [5.41, 5.74) is -0.980. The molecular formula is C4H5ClO3. The van der Waals surface area contributed by atoms with E-state index in [2.05, 4.69) is 16.4 Å². The van der Waals surface area contributed by atoms with Crippen molar-refractivity contribution in [2.75, 3.05) is 6.61 Å². The molecule has 0 aromatic carbocycles. The number of carbonyl (C=O) groups is 1. The van der Waals surface area contributed by atoms with Gasteiger partial charge in [-0.3, -0.25) is 4.89 Å². The van der Waals surface area contributed by atoms with Gasteiger partial charge in [0, 0.05) is 11.6 Å². The SMILES string of the molecule is C=CCOOC(=O)Cl. The zero-order valence-electron chi connectivity index (χ0n) is 4.09. The molecule has 0 radical (unpaired) electrons. The molecule has 46 valence electrons. The van der Waals surface area contributed by atoms with Crippen LogP contribution in [0.2, 0.25) is 0 Å². The van der Waals surface area contributed by atoms with E-state index in [1.54, 1.807) is 0 Å². The standard InChI is InChI=1S/C4H5ClO3/c1-2-3-7-8-4(5)6/h2H,1,3H2. The van der Waals surface area contributed by atoms with Crippen molar-refractivity contribution in [2.24, 2.45) is 0 Å². The molecule has 0 aliphatic rings. The molecule has 0 saturated carbocycles. The predicted molar refractivity (Wildman–Crippen MR) is 28.5 cm³/mol. The van der Waals surface area contributed by atoms with Crippen molar-refractivity contribution in [3.05, 3.63) is 12.7 Å². The average molecular weight is 137 g/mol. The maximum atomic E-state index is 9.70. The molecule has 0 heterocycles. The van der Waals surface area contributed by atoms with Gasteiger partial charge in [0.15, 0.2) is 0 Å². The predicted octanol–water partition coefficient (Wildman–Crippen LogP) is 1.48. The third-order valence-corrected chi connectivity index (χ3v) is 0.373. The fourth-order valence-corrected chi connectivity index (χ4v) is 0.173. The Labute approximate surface area is 51.8 Å². The third kappa shape index (κ3) is 5.46. The minimum atomic E-state index is -0.980. The van der Waals surface area contributed by atoms with Crippen molar-refractivity contribution >= 4 is 17.0 Å². The molecule has 0 N–H and O–H groups in total. The maximum absolute atomic E-state index is 9.70. The highest BCUT2D eigenvalue weighted by Gasteiger charge is 1.91. The fourth-order valence-electron chi connectivity index (χ4n) is 0.128. The summed E-state index contributed by atoms with van der Waals surface area (Å²) in [5, 5.41) is 0. The molecule has 0 aromatic rings. The van der Waals surface area contributed by atoms with Crippen LogP contribution in [0.5, 0.6) is 0 Å². The molecule has 0 amide bonds. The molecule has 0 bridgehead atoms. The highest BCUT2D eigenvalue weighted by atomic mass is 35.5. The van der Waals surface area contributed by atoms with Gasteiger partial charge in [-0.05, 0) is 0 Å². The van der Waals surface area contributed by atoms with Crippen LogP contribution in [0.4, 0.5) is 4.79 Å². The van der Waals surface area contributed by atoms with Gasteiger partial charge >= 0.3 is 5.43 Å². The monoisotopic (exact) mass is 136 g/mol. The summed E-state index contributed by atoms with van der Waals surface area (Å²) in [6, 6.07) is 0. The summed E-state index contributed by atoms with van der Waals surface area (Å²) in [5.74, 6) is 0. The first-order chi connectivity index (χ1) is 3.77. The molecule has 0 aromatic heterocycles. The minimum Gasteiger partial charge on any atom is -0.280 e. The third-order valence-electron chi connectivity index (χ3n) is 0.310. The molecule has 0 spiro atoms. The topological polar surface area (TPSA) is 35.5 Å². The molecule has 8 heavy (non-hydrogen) atoms. The number of halogens is 1. The fraction of sp³-hybridized carbons (Fsp3) is 0.250. The molecule has 0 unspecified atom stereocenters. The minimum absolute atomic E-state index is 0.151. The molecule has 3 nitrogen and oxygen atoms in total. The van der Waals surface area contributed by atoms with Crippen molar-refractivity contribution in [1.82, 2.24) is 0 Å². The Bertz CT molecular complexity index is 91.3. The van der Waals surface area contributed by atoms with Crippen molar-refractivity contribution in [2.45, 2.75) is 0 Å². The normalized spacial score (nSPS) is 8.12. The summed E-state index contributed by atoms with van der Waals surface area (Å²) in [6.07, 6.45) is 1.43. The quantitative estimate of drug-likeness (QED) is 0.194. The molecule has 0 fully saturated rings. The highest BCUT2D eigenvalue weighted by Crippen LogP contribution is 1.86. The zero-order valence-corrected chi connectivity index (χ0v) is 4.85. The van der Waals surface area contributed by atoms with Gasteiger partial charge < -0.3 is 0 Å². The van der Waals surface area contributed by atoms with E-state index in [0.29, 0.717) is 0 Å². The second-order valence-electron chi connectivity index (χ2n) is 0.894. The molecule has 0 rings (SSSR count). The van der Waals surface area contributed by atoms with E-state index in [0.717, 1.165) is 0 Å². The van der Waals surface area contributed by atoms with E-state index in [9.17, 15) is 4.79 Å². The molecule has 0 aliphatic heterocycles. The maximum Gasteiger partial charge on any atom is 0.435 e. The average Bonchev–Trinajstić information content (AvgIpc) is 1.66. The molecule has 0 aliphatic carbocycles. The smallest absolute Gasteiger partial charge is 0.280 e. The number of rotatable bonds is 3. The van der Waals surface area contributed by atoms with Crippen molar-refractivity contribution in [1.29, 1.82) is 0 Å². The van der Waals surface area contributed by atoms with Gasteiger partial charge in [0.25, 0.3) is 0 Å². The number of hydrogen-bond acceptors (Lipinski definition) is 3. The zero-order chi connectivity index (χ0) is 6.41. The Morgan fingerprint density at radius 2 is 2.50 bits per heavy atom. The second-order valence-corrected chi connectivity index (χ2v) is 1.20. The van der Waals surface area contributed by atoms with Crippen LogP contribution < -0.4 is 0 Å². The molecular weight excluding hydrogens is 131 g/mol. The van der Waals surface area contributed by atoms with Crippen molar-refractivity contribution in [3.8, 4) is 0 Å². The van der Waals surface area contributed by atoms with Crippen LogP contribution in [0.15, 0.2) is 12.7 Å². The van der Waals surface area contributed by atoms with Gasteiger partial charge in [-0.2, -0.15) is 4.89 Å². The van der Waals surface area contributed by atoms with E-state index in [-0.39, 0.29) is 6.61 Å².